The number of thiocarbonyl (C=S) groups is 1. The number of nitrogens with zero attached hydrogens (tertiary/aromatic N) is 1. The molecule has 1 aromatic rings. The molecule has 1 amide bonds. The van der Waals surface area contributed by atoms with E-state index in [1.807, 2.05) is 29.2 Å². The summed E-state index contributed by atoms with van der Waals surface area (Å²) in [4.78, 5) is 14.8. The van der Waals surface area contributed by atoms with Gasteiger partial charge in [-0.15, -0.1) is 0 Å². The summed E-state index contributed by atoms with van der Waals surface area (Å²) < 4.78 is 0.976. The minimum atomic E-state index is -0.105. The van der Waals surface area contributed by atoms with E-state index in [-0.39, 0.29) is 11.3 Å². The molecule has 2 rings (SSSR count). The predicted molar refractivity (Wildman–Crippen MR) is 84.2 cm³/mol. The van der Waals surface area contributed by atoms with E-state index in [4.69, 9.17) is 18.0 Å². The average Bonchev–Trinajstić information content (AvgIpc) is 2.39. The van der Waals surface area contributed by atoms with Crippen LogP contribution in [0.1, 0.15) is 30.1 Å². The highest BCUT2D eigenvalue weighted by Gasteiger charge is 2.34. The van der Waals surface area contributed by atoms with Gasteiger partial charge in [0.25, 0.3) is 5.91 Å². The summed E-state index contributed by atoms with van der Waals surface area (Å²) >= 11 is 8.48. The van der Waals surface area contributed by atoms with Crippen molar-refractivity contribution in [1.82, 2.24) is 4.90 Å². The van der Waals surface area contributed by atoms with Crippen LogP contribution in [0.2, 0.25) is 0 Å². The van der Waals surface area contributed by atoms with Gasteiger partial charge < -0.3 is 10.6 Å². The molecule has 0 aliphatic carbocycles. The van der Waals surface area contributed by atoms with E-state index >= 15 is 0 Å². The Morgan fingerprint density at radius 3 is 2.32 bits per heavy atom. The maximum Gasteiger partial charge on any atom is 0.253 e. The van der Waals surface area contributed by atoms with Gasteiger partial charge in [-0.2, -0.15) is 0 Å². The fourth-order valence-electron chi connectivity index (χ4n) is 2.22. The fourth-order valence-corrected chi connectivity index (χ4v) is 2.69. The molecular formula is C14H17BrN2OS. The van der Waals surface area contributed by atoms with Crippen LogP contribution < -0.4 is 5.73 Å². The van der Waals surface area contributed by atoms with Gasteiger partial charge in [0.2, 0.25) is 0 Å². The third kappa shape index (κ3) is 3.15. The first-order valence-corrected chi connectivity index (χ1v) is 7.47. The minimum Gasteiger partial charge on any atom is -0.393 e. The Morgan fingerprint density at radius 2 is 1.84 bits per heavy atom. The number of piperidine rings is 1. The number of amides is 1. The Kier molecular flexibility index (Phi) is 4.26. The molecule has 0 atom stereocenters. The molecule has 3 nitrogen and oxygen atoms in total. The largest absolute Gasteiger partial charge is 0.393 e. The molecule has 1 aliphatic heterocycles. The number of hydrogen-bond donors (Lipinski definition) is 1. The van der Waals surface area contributed by atoms with Gasteiger partial charge >= 0.3 is 0 Å². The molecule has 0 radical (unpaired) electrons. The topological polar surface area (TPSA) is 46.3 Å². The number of benzene rings is 1. The minimum absolute atomic E-state index is 0.0810. The highest BCUT2D eigenvalue weighted by Crippen LogP contribution is 2.31. The molecule has 19 heavy (non-hydrogen) atoms. The molecule has 0 unspecified atom stereocenters. The molecule has 0 bridgehead atoms. The van der Waals surface area contributed by atoms with Crippen LogP contribution in [-0.4, -0.2) is 28.9 Å². The van der Waals surface area contributed by atoms with Crippen molar-refractivity contribution in [3.05, 3.63) is 34.3 Å². The van der Waals surface area contributed by atoms with Crippen LogP contribution in [-0.2, 0) is 0 Å². The van der Waals surface area contributed by atoms with E-state index in [0.717, 1.165) is 22.9 Å². The van der Waals surface area contributed by atoms with Crippen molar-refractivity contribution in [2.45, 2.75) is 19.8 Å². The van der Waals surface area contributed by atoms with E-state index in [0.29, 0.717) is 18.1 Å². The van der Waals surface area contributed by atoms with E-state index in [1.165, 1.54) is 0 Å². The SMILES string of the molecule is CC1(C(N)=S)CCN(C(=O)c2ccc(Br)cc2)CC1. The molecule has 0 aromatic heterocycles. The number of carbonyl (C=O) groups is 1. The zero-order valence-electron chi connectivity index (χ0n) is 10.9. The first kappa shape index (κ1) is 14.5. The van der Waals surface area contributed by atoms with E-state index in [2.05, 4.69) is 22.9 Å². The Morgan fingerprint density at radius 1 is 1.32 bits per heavy atom. The lowest BCUT2D eigenvalue weighted by atomic mass is 9.80. The maximum absolute atomic E-state index is 12.3. The van der Waals surface area contributed by atoms with Crippen LogP contribution in [0.5, 0.6) is 0 Å². The number of halogens is 1. The van der Waals surface area contributed by atoms with Crippen molar-refractivity contribution in [2.75, 3.05) is 13.1 Å². The second kappa shape index (κ2) is 5.59. The molecule has 0 spiro atoms. The van der Waals surface area contributed by atoms with E-state index in [1.54, 1.807) is 0 Å². The lowest BCUT2D eigenvalue weighted by Gasteiger charge is -2.38. The summed E-state index contributed by atoms with van der Waals surface area (Å²) in [5.74, 6) is 0.0810. The van der Waals surface area contributed by atoms with Crippen LogP contribution in [0.25, 0.3) is 0 Å². The lowest BCUT2D eigenvalue weighted by molar-refractivity contribution is 0.0670. The van der Waals surface area contributed by atoms with Crippen LogP contribution >= 0.6 is 28.1 Å². The van der Waals surface area contributed by atoms with Gasteiger partial charge in [-0.05, 0) is 37.1 Å². The molecule has 102 valence electrons. The van der Waals surface area contributed by atoms with Crippen LogP contribution in [0.4, 0.5) is 0 Å². The Bertz CT molecular complexity index is 493. The standard InChI is InChI=1S/C14H17BrN2OS/c1-14(13(16)19)6-8-17(9-7-14)12(18)10-2-4-11(15)5-3-10/h2-5H,6-9H2,1H3,(H2,16,19). The number of carbonyl (C=O) groups excluding carboxylic acids is 1. The van der Waals surface area contributed by atoms with Crippen molar-refractivity contribution in [3.63, 3.8) is 0 Å². The van der Waals surface area contributed by atoms with Crippen molar-refractivity contribution >= 4 is 39.0 Å². The predicted octanol–water partition coefficient (Wildman–Crippen LogP) is 2.98. The van der Waals surface area contributed by atoms with Crippen molar-refractivity contribution < 1.29 is 4.79 Å². The van der Waals surface area contributed by atoms with Gasteiger partial charge in [0.05, 0.1) is 4.99 Å². The number of hydrogen-bond acceptors (Lipinski definition) is 2. The van der Waals surface area contributed by atoms with Gasteiger partial charge in [-0.1, -0.05) is 35.1 Å². The molecule has 0 saturated carbocycles. The maximum atomic E-state index is 12.3. The first-order chi connectivity index (χ1) is 8.92. The van der Waals surface area contributed by atoms with Gasteiger partial charge in [0, 0.05) is 28.5 Å². The molecule has 1 aliphatic rings. The van der Waals surface area contributed by atoms with Gasteiger partial charge in [0.1, 0.15) is 0 Å². The molecule has 1 aromatic carbocycles. The van der Waals surface area contributed by atoms with Gasteiger partial charge in [-0.3, -0.25) is 4.79 Å². The van der Waals surface area contributed by atoms with Gasteiger partial charge in [-0.25, -0.2) is 0 Å². The summed E-state index contributed by atoms with van der Waals surface area (Å²) in [5.41, 5.74) is 6.39. The zero-order valence-corrected chi connectivity index (χ0v) is 13.3. The van der Waals surface area contributed by atoms with Crippen molar-refractivity contribution in [2.24, 2.45) is 11.1 Å². The van der Waals surface area contributed by atoms with Crippen molar-refractivity contribution in [3.8, 4) is 0 Å². The number of rotatable bonds is 2. The smallest absolute Gasteiger partial charge is 0.253 e. The number of likely N-dealkylation sites (tertiary alicyclic amines) is 1. The highest BCUT2D eigenvalue weighted by atomic mass is 79.9. The summed E-state index contributed by atoms with van der Waals surface area (Å²) in [7, 11) is 0. The normalized spacial score (nSPS) is 18.1. The molecular weight excluding hydrogens is 324 g/mol. The molecule has 1 fully saturated rings. The Labute approximate surface area is 127 Å². The third-order valence-corrected chi connectivity index (χ3v) is 4.86. The van der Waals surface area contributed by atoms with E-state index in [9.17, 15) is 4.79 Å². The second-order valence-corrected chi connectivity index (χ2v) is 6.58. The van der Waals surface area contributed by atoms with Crippen LogP contribution in [0.15, 0.2) is 28.7 Å². The Hall–Kier alpha value is -0.940. The number of nitrogens with two attached hydrogens (primary N) is 1. The van der Waals surface area contributed by atoms with Gasteiger partial charge in [0.15, 0.2) is 0 Å². The first-order valence-electron chi connectivity index (χ1n) is 6.27. The summed E-state index contributed by atoms with van der Waals surface area (Å²) in [6.45, 7) is 3.50. The second-order valence-electron chi connectivity index (χ2n) is 5.22. The molecule has 1 saturated heterocycles. The highest BCUT2D eigenvalue weighted by molar-refractivity contribution is 9.10. The molecule has 1 heterocycles. The molecule has 2 N–H and O–H groups in total. The fraction of sp³-hybridized carbons (Fsp3) is 0.429. The lowest BCUT2D eigenvalue weighted by Crippen LogP contribution is -2.46. The third-order valence-electron chi connectivity index (χ3n) is 3.84. The Balaban J connectivity index is 2.04. The quantitative estimate of drug-likeness (QED) is 0.842. The van der Waals surface area contributed by atoms with Crippen molar-refractivity contribution in [1.29, 1.82) is 0 Å². The zero-order chi connectivity index (χ0) is 14.0. The van der Waals surface area contributed by atoms with E-state index < -0.39 is 0 Å². The summed E-state index contributed by atoms with van der Waals surface area (Å²) in [6, 6.07) is 7.45. The summed E-state index contributed by atoms with van der Waals surface area (Å²) in [6.07, 6.45) is 1.68. The molecule has 5 heteroatoms. The van der Waals surface area contributed by atoms with Crippen LogP contribution in [0, 0.1) is 5.41 Å². The monoisotopic (exact) mass is 340 g/mol. The van der Waals surface area contributed by atoms with Crippen LogP contribution in [0.3, 0.4) is 0 Å². The average molecular weight is 341 g/mol. The summed E-state index contributed by atoms with van der Waals surface area (Å²) in [5, 5.41) is 0.